The number of hydrogen-bond acceptors (Lipinski definition) is 0. The van der Waals surface area contributed by atoms with Crippen LogP contribution in [0.2, 0.25) is 24.2 Å². The van der Waals surface area contributed by atoms with Crippen molar-refractivity contribution in [2.45, 2.75) is 214 Å². The maximum Gasteiger partial charge on any atom is -0.0308 e. The predicted octanol–water partition coefficient (Wildman–Crippen LogP) is 15.6. The molecule has 0 amide bonds. The van der Waals surface area contributed by atoms with Crippen LogP contribution in [0, 0.1) is 83.1 Å². The molecule has 0 spiro atoms. The van der Waals surface area contributed by atoms with Crippen LogP contribution in [0.4, 0.5) is 0 Å². The maximum atomic E-state index is 2.33. The SMILES string of the molecule is CC[Si](=[Zr+2])CC.CC[Si](=[Zr+2])CC.Cc1[cH-]c2c(C)ccc(C(C)C)c2c1C.Cc1[cH-]c2c(C)ccc(C(C)C)c2c1C.Cc1[cH-]c2c(C)ccc(C(C)C)c2c1C.Cc1[cH-]c2c(C)ccc(C(C)C)c2c1C.[Cl-].[Cl-]. The Bertz CT molecular complexity index is 2670. The Morgan fingerprint density at radius 1 is 0.324 bits per heavy atom. The monoisotopic (exact) mass is 1220 g/mol. The minimum absolute atomic E-state index is 0. The van der Waals surface area contributed by atoms with E-state index < -0.39 is 0 Å². The molecule has 8 rings (SSSR count). The first kappa shape index (κ1) is 70.1. The topological polar surface area (TPSA) is 0 Å². The summed E-state index contributed by atoms with van der Waals surface area (Å²) in [5, 5.41) is 11.7. The Kier molecular flexibility index (Phi) is 30.5. The molecule has 8 aromatic carbocycles. The van der Waals surface area contributed by atoms with E-state index in [1.807, 2.05) is 0 Å². The zero-order chi connectivity index (χ0) is 54.6. The Morgan fingerprint density at radius 2 is 0.486 bits per heavy atom. The van der Waals surface area contributed by atoms with Gasteiger partial charge in [-0.1, -0.05) is 185 Å². The zero-order valence-electron chi connectivity index (χ0n) is 50.8. The van der Waals surface area contributed by atoms with Gasteiger partial charge in [0.1, 0.15) is 0 Å². The first-order valence-corrected chi connectivity index (χ1v) is 38.7. The molecular formula is C68H96Cl2Si2Zr2-2. The fourth-order valence-electron chi connectivity index (χ4n) is 9.89. The maximum absolute atomic E-state index is 2.33. The Balaban J connectivity index is 0.000000456. The minimum atomic E-state index is 0. The summed E-state index contributed by atoms with van der Waals surface area (Å²) >= 11 is 3.61. The van der Waals surface area contributed by atoms with Crippen molar-refractivity contribution < 1.29 is 71.5 Å². The van der Waals surface area contributed by atoms with E-state index in [1.165, 1.54) is 156 Å². The molecule has 0 aromatic heterocycles. The molecule has 0 unspecified atom stereocenters. The van der Waals surface area contributed by atoms with Crippen LogP contribution >= 0.6 is 0 Å². The molecule has 0 N–H and O–H groups in total. The number of aryl methyl sites for hydroxylation is 12. The Hall–Kier alpha value is -1.90. The second kappa shape index (κ2) is 32.2. The fourth-order valence-corrected chi connectivity index (χ4v) is 10.9. The van der Waals surface area contributed by atoms with Crippen molar-refractivity contribution in [1.29, 1.82) is 0 Å². The molecule has 0 bridgehead atoms. The molecule has 0 saturated heterocycles. The molecule has 0 aliphatic rings. The van der Waals surface area contributed by atoms with E-state index in [2.05, 4.69) is 239 Å². The van der Waals surface area contributed by atoms with E-state index in [0.29, 0.717) is 23.7 Å². The normalized spacial score (nSPS) is 10.8. The minimum Gasteiger partial charge on any atom is -1.00 e. The van der Waals surface area contributed by atoms with Crippen molar-refractivity contribution in [3.8, 4) is 0 Å². The van der Waals surface area contributed by atoms with Crippen LogP contribution in [0.1, 0.15) is 196 Å². The van der Waals surface area contributed by atoms with Gasteiger partial charge in [0, 0.05) is 0 Å². The van der Waals surface area contributed by atoms with E-state index in [4.69, 9.17) is 0 Å². The van der Waals surface area contributed by atoms with Crippen molar-refractivity contribution in [1.82, 2.24) is 0 Å². The van der Waals surface area contributed by atoms with Gasteiger partial charge in [-0.3, -0.25) is 0 Å². The van der Waals surface area contributed by atoms with Crippen LogP contribution in [0.25, 0.3) is 43.1 Å². The molecule has 8 aromatic rings. The molecule has 0 fully saturated rings. The summed E-state index contributed by atoms with van der Waals surface area (Å²) in [5.74, 6) is 2.42. The van der Waals surface area contributed by atoms with Gasteiger partial charge < -0.3 is 24.8 Å². The van der Waals surface area contributed by atoms with Crippen molar-refractivity contribution in [2.75, 3.05) is 0 Å². The third-order valence-electron chi connectivity index (χ3n) is 15.5. The van der Waals surface area contributed by atoms with Crippen LogP contribution in [0.15, 0.2) is 72.8 Å². The van der Waals surface area contributed by atoms with Gasteiger partial charge in [-0.15, -0.1) is 136 Å². The molecular weight excluding hydrogens is 1130 g/mol. The van der Waals surface area contributed by atoms with Crippen LogP contribution in [-0.2, 0) is 46.7 Å². The van der Waals surface area contributed by atoms with Gasteiger partial charge in [0.25, 0.3) is 0 Å². The number of benzene rings is 4. The molecule has 0 aliphatic heterocycles. The van der Waals surface area contributed by atoms with Crippen LogP contribution < -0.4 is 24.8 Å². The van der Waals surface area contributed by atoms with E-state index in [-0.39, 0.29) is 35.7 Å². The molecule has 74 heavy (non-hydrogen) atoms. The van der Waals surface area contributed by atoms with Gasteiger partial charge in [0.05, 0.1) is 0 Å². The number of hydrogen-bond donors (Lipinski definition) is 0. The first-order chi connectivity index (χ1) is 33.7. The third kappa shape index (κ3) is 17.6. The quantitative estimate of drug-likeness (QED) is 0.105. The standard InChI is InChI=1S/4C15H19.2C4H10Si.2ClH.2Zr/c4*1-9(2)13-7-6-10(3)14-8-11(4)12(5)15(13)14;2*1-3-5-4-2;;;;/h4*6-9H,1-5H3;2*3-4H2,1-2H3;2*1H;;/q4*-1;;;;;2*+2/p-2. The van der Waals surface area contributed by atoms with Crippen molar-refractivity contribution >= 4 is 54.0 Å². The Morgan fingerprint density at radius 3 is 0.608 bits per heavy atom. The summed E-state index contributed by atoms with van der Waals surface area (Å²) in [6.07, 6.45) is 0. The summed E-state index contributed by atoms with van der Waals surface area (Å²) in [6.45, 7) is 53.9. The summed E-state index contributed by atoms with van der Waals surface area (Å²) in [7, 11) is 0. The second-order valence-electron chi connectivity index (χ2n) is 22.1. The summed E-state index contributed by atoms with van der Waals surface area (Å²) < 4.78 is 0. The first-order valence-electron chi connectivity index (χ1n) is 27.5. The van der Waals surface area contributed by atoms with E-state index in [0.717, 1.165) is 0 Å². The number of fused-ring (bicyclic) bond motifs is 4. The molecule has 0 aliphatic carbocycles. The molecule has 0 heterocycles. The summed E-state index contributed by atoms with van der Waals surface area (Å²) in [4.78, 5) is 0. The average Bonchev–Trinajstić information content (AvgIpc) is 4.03. The van der Waals surface area contributed by atoms with E-state index in [1.54, 1.807) is 46.7 Å². The van der Waals surface area contributed by atoms with Crippen LogP contribution in [0.5, 0.6) is 0 Å². The molecule has 0 atom stereocenters. The van der Waals surface area contributed by atoms with Crippen LogP contribution in [0.3, 0.4) is 0 Å². The van der Waals surface area contributed by atoms with Gasteiger partial charge in [0.2, 0.25) is 0 Å². The van der Waals surface area contributed by atoms with Crippen LogP contribution in [-0.4, -0.2) is 10.9 Å². The van der Waals surface area contributed by atoms with Crippen molar-refractivity contribution in [2.24, 2.45) is 0 Å². The van der Waals surface area contributed by atoms with Gasteiger partial charge in [-0.05, 0) is 23.7 Å². The second-order valence-corrected chi connectivity index (χ2v) is 37.8. The van der Waals surface area contributed by atoms with E-state index >= 15 is 0 Å². The van der Waals surface area contributed by atoms with Gasteiger partial charge >= 0.3 is 109 Å². The van der Waals surface area contributed by atoms with E-state index in [9.17, 15) is 0 Å². The third-order valence-corrected chi connectivity index (χ3v) is 29.3. The van der Waals surface area contributed by atoms with Gasteiger partial charge in [0.15, 0.2) is 0 Å². The fraction of sp³-hybridized carbons (Fsp3) is 0.471. The molecule has 6 heteroatoms. The van der Waals surface area contributed by atoms with Crippen molar-refractivity contribution in [3.63, 3.8) is 0 Å². The smallest absolute Gasteiger partial charge is 0.0308 e. The number of rotatable bonds is 8. The van der Waals surface area contributed by atoms with Gasteiger partial charge in [-0.2, -0.15) is 22.3 Å². The molecule has 0 radical (unpaired) electrons. The average molecular weight is 1220 g/mol. The Labute approximate surface area is 496 Å². The number of halogens is 2. The molecule has 400 valence electrons. The largest absolute Gasteiger partial charge is 1.00 e. The predicted molar refractivity (Wildman–Crippen MR) is 325 cm³/mol. The van der Waals surface area contributed by atoms with Gasteiger partial charge in [-0.25, -0.2) is 0 Å². The molecule has 0 saturated carbocycles. The zero-order valence-corrected chi connectivity index (χ0v) is 59.2. The summed E-state index contributed by atoms with van der Waals surface area (Å²) in [6, 6.07) is 33.3. The molecule has 0 nitrogen and oxygen atoms in total. The summed E-state index contributed by atoms with van der Waals surface area (Å²) in [5.41, 5.74) is 23.5. The van der Waals surface area contributed by atoms with Crippen molar-refractivity contribution in [3.05, 3.63) is 162 Å².